The highest BCUT2D eigenvalue weighted by Crippen LogP contribution is 2.16. The third-order valence-corrected chi connectivity index (χ3v) is 2.79. The summed E-state index contributed by atoms with van der Waals surface area (Å²) >= 11 is 0. The second kappa shape index (κ2) is 5.14. The predicted octanol–water partition coefficient (Wildman–Crippen LogP) is 0.856. The number of carbonyl (C=O) groups excluding carboxylic acids is 1. The number of aryl methyl sites for hydroxylation is 1. The van der Waals surface area contributed by atoms with Crippen LogP contribution in [0.5, 0.6) is 0 Å². The van der Waals surface area contributed by atoms with E-state index in [1.165, 1.54) is 6.20 Å². The zero-order valence-electron chi connectivity index (χ0n) is 10.4. The normalized spacial score (nSPS) is 12.6. The quantitative estimate of drug-likeness (QED) is 0.836. The smallest absolute Gasteiger partial charge is 0.257 e. The van der Waals surface area contributed by atoms with Crippen molar-refractivity contribution in [3.8, 4) is 0 Å². The fourth-order valence-electron chi connectivity index (χ4n) is 1.52. The Labute approximate surface area is 105 Å². The molecule has 0 aliphatic heterocycles. The van der Waals surface area contributed by atoms with Crippen molar-refractivity contribution in [3.63, 3.8) is 0 Å². The van der Waals surface area contributed by atoms with Crippen molar-refractivity contribution < 1.29 is 9.32 Å². The molecule has 0 spiro atoms. The van der Waals surface area contributed by atoms with Crippen LogP contribution >= 0.6 is 0 Å². The van der Waals surface area contributed by atoms with E-state index in [0.717, 1.165) is 11.1 Å². The molecule has 2 aromatic rings. The lowest BCUT2D eigenvalue weighted by Gasteiger charge is -2.09. The zero-order chi connectivity index (χ0) is 13.1. The van der Waals surface area contributed by atoms with Crippen LogP contribution in [-0.4, -0.2) is 29.1 Å². The van der Waals surface area contributed by atoms with Gasteiger partial charge in [-0.3, -0.25) is 4.79 Å². The van der Waals surface area contributed by atoms with E-state index in [4.69, 9.17) is 10.3 Å². The minimum absolute atomic E-state index is 0.162. The number of nitrogens with one attached hydrogen (secondary N) is 1. The number of pyridine rings is 1. The number of rotatable bonds is 4. The summed E-state index contributed by atoms with van der Waals surface area (Å²) in [6, 6.07) is 1.73. The molecular weight excluding hydrogens is 232 g/mol. The molecule has 0 aliphatic rings. The van der Waals surface area contributed by atoms with Gasteiger partial charge < -0.3 is 15.6 Å². The number of nitrogens with zero attached hydrogens (tertiary/aromatic N) is 2. The van der Waals surface area contributed by atoms with E-state index >= 15 is 0 Å². The van der Waals surface area contributed by atoms with Crippen LogP contribution in [0.3, 0.4) is 0 Å². The summed E-state index contributed by atoms with van der Waals surface area (Å²) in [5.41, 5.74) is 7.16. The summed E-state index contributed by atoms with van der Waals surface area (Å²) < 4.78 is 4.99. The topological polar surface area (TPSA) is 94.0 Å². The fraction of sp³-hybridized carbons (Fsp3) is 0.417. The van der Waals surface area contributed by atoms with Gasteiger partial charge in [0.05, 0.1) is 16.6 Å². The van der Waals surface area contributed by atoms with Crippen LogP contribution in [0.4, 0.5) is 0 Å². The van der Waals surface area contributed by atoms with Gasteiger partial charge in [0.1, 0.15) is 0 Å². The first-order chi connectivity index (χ1) is 8.61. The average molecular weight is 248 g/mol. The molecule has 18 heavy (non-hydrogen) atoms. The second-order valence-corrected chi connectivity index (χ2v) is 4.40. The maximum atomic E-state index is 11.9. The SMILES string of the molecule is Cc1noc2ncc(C(=O)NCC(C)CN)cc12. The molecule has 0 saturated heterocycles. The molecule has 0 aliphatic carbocycles. The van der Waals surface area contributed by atoms with E-state index in [0.29, 0.717) is 24.4 Å². The van der Waals surface area contributed by atoms with Crippen LogP contribution in [0, 0.1) is 12.8 Å². The molecule has 1 unspecified atom stereocenters. The first kappa shape index (κ1) is 12.5. The highest BCUT2D eigenvalue weighted by atomic mass is 16.5. The third-order valence-electron chi connectivity index (χ3n) is 2.79. The molecular formula is C12H16N4O2. The summed E-state index contributed by atoms with van der Waals surface area (Å²) in [6.45, 7) is 4.88. The Hall–Kier alpha value is -1.95. The Morgan fingerprint density at radius 1 is 1.61 bits per heavy atom. The number of aromatic nitrogens is 2. The van der Waals surface area contributed by atoms with Gasteiger partial charge in [-0.2, -0.15) is 0 Å². The summed E-state index contributed by atoms with van der Waals surface area (Å²) in [7, 11) is 0. The van der Waals surface area contributed by atoms with Crippen LogP contribution in [0.15, 0.2) is 16.8 Å². The minimum Gasteiger partial charge on any atom is -0.352 e. The largest absolute Gasteiger partial charge is 0.352 e. The Morgan fingerprint density at radius 2 is 2.39 bits per heavy atom. The van der Waals surface area contributed by atoms with Crippen molar-refractivity contribution in [3.05, 3.63) is 23.5 Å². The van der Waals surface area contributed by atoms with Crippen molar-refractivity contribution in [2.45, 2.75) is 13.8 Å². The number of nitrogens with two attached hydrogens (primary N) is 1. The molecule has 6 nitrogen and oxygen atoms in total. The van der Waals surface area contributed by atoms with E-state index in [1.54, 1.807) is 6.07 Å². The van der Waals surface area contributed by atoms with Crippen molar-refractivity contribution in [1.82, 2.24) is 15.5 Å². The van der Waals surface area contributed by atoms with E-state index in [9.17, 15) is 4.79 Å². The zero-order valence-corrected chi connectivity index (χ0v) is 10.4. The molecule has 1 atom stereocenters. The van der Waals surface area contributed by atoms with Crippen molar-refractivity contribution in [1.29, 1.82) is 0 Å². The van der Waals surface area contributed by atoms with Crippen LogP contribution < -0.4 is 11.1 Å². The Morgan fingerprint density at radius 3 is 3.11 bits per heavy atom. The van der Waals surface area contributed by atoms with E-state index in [-0.39, 0.29) is 11.8 Å². The highest BCUT2D eigenvalue weighted by molar-refractivity contribution is 5.96. The second-order valence-electron chi connectivity index (χ2n) is 4.40. The molecule has 0 radical (unpaired) electrons. The first-order valence-electron chi connectivity index (χ1n) is 5.82. The van der Waals surface area contributed by atoms with Gasteiger partial charge in [0, 0.05) is 12.7 Å². The van der Waals surface area contributed by atoms with Crippen molar-refractivity contribution >= 4 is 17.0 Å². The van der Waals surface area contributed by atoms with Crippen molar-refractivity contribution in [2.75, 3.05) is 13.1 Å². The number of hydrogen-bond acceptors (Lipinski definition) is 5. The molecule has 2 heterocycles. The molecule has 1 amide bonds. The molecule has 2 rings (SSSR count). The van der Waals surface area contributed by atoms with Gasteiger partial charge >= 0.3 is 0 Å². The van der Waals surface area contributed by atoms with Gasteiger partial charge in [0.25, 0.3) is 11.6 Å². The lowest BCUT2D eigenvalue weighted by Crippen LogP contribution is -2.31. The van der Waals surface area contributed by atoms with E-state index < -0.39 is 0 Å². The predicted molar refractivity (Wildman–Crippen MR) is 67.1 cm³/mol. The number of hydrogen-bond donors (Lipinski definition) is 2. The molecule has 2 aromatic heterocycles. The maximum absolute atomic E-state index is 11.9. The Bertz CT molecular complexity index is 564. The van der Waals surface area contributed by atoms with Gasteiger partial charge in [-0.15, -0.1) is 0 Å². The summed E-state index contributed by atoms with van der Waals surface area (Å²) in [5.74, 6) is 0.0910. The third kappa shape index (κ3) is 2.48. The minimum atomic E-state index is -0.162. The van der Waals surface area contributed by atoms with Crippen LogP contribution in [0.25, 0.3) is 11.1 Å². The molecule has 0 fully saturated rings. The summed E-state index contributed by atoms with van der Waals surface area (Å²) in [4.78, 5) is 16.0. The van der Waals surface area contributed by atoms with Gasteiger partial charge in [-0.25, -0.2) is 4.98 Å². The van der Waals surface area contributed by atoms with Gasteiger partial charge in [-0.05, 0) is 25.5 Å². The van der Waals surface area contributed by atoms with Crippen LogP contribution in [0.2, 0.25) is 0 Å². The Kier molecular flexibility index (Phi) is 3.57. The number of carbonyl (C=O) groups is 1. The van der Waals surface area contributed by atoms with E-state index in [2.05, 4.69) is 15.5 Å². The lowest BCUT2D eigenvalue weighted by atomic mass is 10.1. The standard InChI is InChI=1S/C12H16N4O2/c1-7(4-13)5-14-11(17)9-3-10-8(2)16-18-12(10)15-6-9/h3,6-7H,4-5,13H2,1-2H3,(H,14,17). The maximum Gasteiger partial charge on any atom is 0.257 e. The van der Waals surface area contributed by atoms with Crippen LogP contribution in [0.1, 0.15) is 23.0 Å². The molecule has 6 heteroatoms. The molecule has 0 bridgehead atoms. The van der Waals surface area contributed by atoms with Crippen LogP contribution in [-0.2, 0) is 0 Å². The number of fused-ring (bicyclic) bond motifs is 1. The molecule has 96 valence electrons. The Balaban J connectivity index is 2.15. The fourth-order valence-corrected chi connectivity index (χ4v) is 1.52. The molecule has 0 aromatic carbocycles. The monoisotopic (exact) mass is 248 g/mol. The van der Waals surface area contributed by atoms with Crippen molar-refractivity contribution in [2.24, 2.45) is 11.7 Å². The lowest BCUT2D eigenvalue weighted by molar-refractivity contribution is 0.0948. The summed E-state index contributed by atoms with van der Waals surface area (Å²) in [5, 5.41) is 7.37. The van der Waals surface area contributed by atoms with Gasteiger partial charge in [-0.1, -0.05) is 12.1 Å². The van der Waals surface area contributed by atoms with Gasteiger partial charge in [0.15, 0.2) is 0 Å². The molecule has 0 saturated carbocycles. The molecule has 3 N–H and O–H groups in total. The average Bonchev–Trinajstić information content (AvgIpc) is 2.76. The first-order valence-corrected chi connectivity index (χ1v) is 5.82. The summed E-state index contributed by atoms with van der Waals surface area (Å²) in [6.07, 6.45) is 1.48. The number of amides is 1. The van der Waals surface area contributed by atoms with Gasteiger partial charge in [0.2, 0.25) is 0 Å². The van der Waals surface area contributed by atoms with E-state index in [1.807, 2.05) is 13.8 Å². The highest BCUT2D eigenvalue weighted by Gasteiger charge is 2.11.